The van der Waals surface area contributed by atoms with Crippen LogP contribution in [0.2, 0.25) is 0 Å². The van der Waals surface area contributed by atoms with E-state index in [1.165, 1.54) is 11.3 Å². The van der Waals surface area contributed by atoms with Crippen molar-refractivity contribution in [3.63, 3.8) is 0 Å². The number of benzene rings is 1. The molecule has 0 unspecified atom stereocenters. The highest BCUT2D eigenvalue weighted by molar-refractivity contribution is 5.42. The van der Waals surface area contributed by atoms with Gasteiger partial charge in [-0.25, -0.2) is 4.98 Å². The van der Waals surface area contributed by atoms with Gasteiger partial charge in [0.15, 0.2) is 0 Å². The third kappa shape index (κ3) is 1.55. The van der Waals surface area contributed by atoms with E-state index in [1.54, 1.807) is 6.20 Å². The van der Waals surface area contributed by atoms with Gasteiger partial charge in [-0.05, 0) is 17.5 Å². The van der Waals surface area contributed by atoms with Crippen LogP contribution >= 0.6 is 0 Å². The molecule has 0 fully saturated rings. The third-order valence-corrected chi connectivity index (χ3v) is 2.34. The first-order valence-electron chi connectivity index (χ1n) is 4.86. The normalized spacial score (nSPS) is 10.8. The van der Waals surface area contributed by atoms with Crippen LogP contribution in [0.5, 0.6) is 0 Å². The molecule has 2 nitrogen and oxygen atoms in total. The van der Waals surface area contributed by atoms with E-state index in [0.29, 0.717) is 5.92 Å². The molecule has 0 bridgehead atoms. The highest BCUT2D eigenvalue weighted by Gasteiger charge is 2.06. The molecule has 0 aliphatic rings. The van der Waals surface area contributed by atoms with Crippen LogP contribution < -0.4 is 0 Å². The molecule has 72 valence electrons. The molecule has 2 heteroatoms. The van der Waals surface area contributed by atoms with Crippen molar-refractivity contribution >= 4 is 0 Å². The lowest BCUT2D eigenvalue weighted by atomic mass is 10.0. The molecule has 0 amide bonds. The smallest absolute Gasteiger partial charge is 0.0991 e. The second-order valence-corrected chi connectivity index (χ2v) is 3.68. The summed E-state index contributed by atoms with van der Waals surface area (Å²) in [6.07, 6.45) is 5.61. The zero-order chi connectivity index (χ0) is 9.97. The Kier molecular flexibility index (Phi) is 2.35. The molecule has 2 rings (SSSR count). The molecule has 1 heterocycles. The number of imidazole rings is 1. The molecule has 1 aromatic carbocycles. The summed E-state index contributed by atoms with van der Waals surface area (Å²) >= 11 is 0. The molecule has 14 heavy (non-hydrogen) atoms. The number of hydrogen-bond acceptors (Lipinski definition) is 1. The minimum absolute atomic E-state index is 0.536. The van der Waals surface area contributed by atoms with E-state index >= 15 is 0 Å². The van der Waals surface area contributed by atoms with Crippen LogP contribution in [0.3, 0.4) is 0 Å². The Balaban J connectivity index is 2.53. The molecule has 2 aromatic rings. The minimum Gasteiger partial charge on any atom is -0.306 e. The monoisotopic (exact) mass is 186 g/mol. The Morgan fingerprint density at radius 2 is 2.00 bits per heavy atom. The Hall–Kier alpha value is -1.57. The largest absolute Gasteiger partial charge is 0.306 e. The van der Waals surface area contributed by atoms with Gasteiger partial charge in [-0.15, -0.1) is 0 Å². The number of nitrogens with zero attached hydrogens (tertiary/aromatic N) is 2. The summed E-state index contributed by atoms with van der Waals surface area (Å²) < 4.78 is 2.05. The van der Waals surface area contributed by atoms with E-state index < -0.39 is 0 Å². The fourth-order valence-corrected chi connectivity index (χ4v) is 1.61. The van der Waals surface area contributed by atoms with Crippen LogP contribution in [-0.4, -0.2) is 9.55 Å². The van der Waals surface area contributed by atoms with Gasteiger partial charge in [-0.2, -0.15) is 0 Å². The lowest BCUT2D eigenvalue weighted by Gasteiger charge is -2.12. The molecule has 0 radical (unpaired) electrons. The van der Waals surface area contributed by atoms with Crippen LogP contribution in [0.4, 0.5) is 0 Å². The van der Waals surface area contributed by atoms with Gasteiger partial charge in [-0.1, -0.05) is 32.0 Å². The maximum atomic E-state index is 4.06. The van der Waals surface area contributed by atoms with Gasteiger partial charge in [0.05, 0.1) is 6.33 Å². The molecule has 0 spiro atoms. The summed E-state index contributed by atoms with van der Waals surface area (Å²) in [7, 11) is 0. The standard InChI is InChI=1S/C12H14N2/c1-10(2)11-5-3-4-6-12(11)14-8-7-13-9-14/h3-10H,1-2H3. The van der Waals surface area contributed by atoms with Gasteiger partial charge in [-0.3, -0.25) is 0 Å². The van der Waals surface area contributed by atoms with Gasteiger partial charge in [0, 0.05) is 18.1 Å². The van der Waals surface area contributed by atoms with Crippen LogP contribution in [0.25, 0.3) is 5.69 Å². The molecular formula is C12H14N2. The first-order valence-corrected chi connectivity index (χ1v) is 4.86. The summed E-state index contributed by atoms with van der Waals surface area (Å²) in [6, 6.07) is 8.42. The molecule has 0 saturated carbocycles. The topological polar surface area (TPSA) is 17.8 Å². The van der Waals surface area contributed by atoms with Gasteiger partial charge in [0.2, 0.25) is 0 Å². The summed E-state index contributed by atoms with van der Waals surface area (Å²) in [5.74, 6) is 0.536. The molecule has 0 aliphatic heterocycles. The van der Waals surface area contributed by atoms with Gasteiger partial charge >= 0.3 is 0 Å². The van der Waals surface area contributed by atoms with Gasteiger partial charge in [0.1, 0.15) is 0 Å². The van der Waals surface area contributed by atoms with Crippen molar-refractivity contribution in [3.8, 4) is 5.69 Å². The van der Waals surface area contributed by atoms with E-state index in [9.17, 15) is 0 Å². The Morgan fingerprint density at radius 1 is 1.21 bits per heavy atom. The van der Waals surface area contributed by atoms with Crippen LogP contribution in [-0.2, 0) is 0 Å². The van der Waals surface area contributed by atoms with Crippen molar-refractivity contribution in [2.24, 2.45) is 0 Å². The molecule has 0 N–H and O–H groups in total. The first-order chi connectivity index (χ1) is 6.79. The Labute approximate surface area is 84.2 Å². The van der Waals surface area contributed by atoms with Crippen LogP contribution in [0, 0.1) is 0 Å². The second-order valence-electron chi connectivity index (χ2n) is 3.68. The number of para-hydroxylation sites is 1. The van der Waals surface area contributed by atoms with Gasteiger partial charge < -0.3 is 4.57 Å². The van der Waals surface area contributed by atoms with Crippen molar-refractivity contribution < 1.29 is 0 Å². The average molecular weight is 186 g/mol. The number of hydrogen-bond donors (Lipinski definition) is 0. The highest BCUT2D eigenvalue weighted by Crippen LogP contribution is 2.22. The summed E-state index contributed by atoms with van der Waals surface area (Å²) in [6.45, 7) is 4.41. The van der Waals surface area contributed by atoms with Crippen molar-refractivity contribution in [3.05, 3.63) is 48.5 Å². The Bertz CT molecular complexity index is 402. The fourth-order valence-electron chi connectivity index (χ4n) is 1.61. The summed E-state index contributed by atoms with van der Waals surface area (Å²) in [5.41, 5.74) is 2.57. The predicted octanol–water partition coefficient (Wildman–Crippen LogP) is 3.00. The molecule has 0 atom stereocenters. The highest BCUT2D eigenvalue weighted by atomic mass is 15.0. The number of aromatic nitrogens is 2. The van der Waals surface area contributed by atoms with E-state index in [2.05, 4.69) is 47.7 Å². The van der Waals surface area contributed by atoms with Crippen molar-refractivity contribution in [2.45, 2.75) is 19.8 Å². The SMILES string of the molecule is CC(C)c1ccccc1-n1ccnc1. The van der Waals surface area contributed by atoms with Crippen LogP contribution in [0.15, 0.2) is 43.0 Å². The summed E-state index contributed by atoms with van der Waals surface area (Å²) in [5, 5.41) is 0. The van der Waals surface area contributed by atoms with E-state index in [1.807, 2.05) is 12.5 Å². The average Bonchev–Trinajstić information content (AvgIpc) is 2.70. The maximum Gasteiger partial charge on any atom is 0.0991 e. The van der Waals surface area contributed by atoms with Gasteiger partial charge in [0.25, 0.3) is 0 Å². The quantitative estimate of drug-likeness (QED) is 0.705. The summed E-state index contributed by atoms with van der Waals surface area (Å²) in [4.78, 5) is 4.06. The Morgan fingerprint density at radius 3 is 2.64 bits per heavy atom. The third-order valence-electron chi connectivity index (χ3n) is 2.34. The zero-order valence-corrected chi connectivity index (χ0v) is 8.51. The van der Waals surface area contributed by atoms with E-state index in [0.717, 1.165) is 0 Å². The molecule has 0 aliphatic carbocycles. The molecular weight excluding hydrogens is 172 g/mol. The van der Waals surface area contributed by atoms with Crippen molar-refractivity contribution in [1.29, 1.82) is 0 Å². The first kappa shape index (κ1) is 9.00. The maximum absolute atomic E-state index is 4.06. The number of rotatable bonds is 2. The molecule has 1 aromatic heterocycles. The second kappa shape index (κ2) is 3.66. The lowest BCUT2D eigenvalue weighted by Crippen LogP contribution is -1.98. The van der Waals surface area contributed by atoms with E-state index in [-0.39, 0.29) is 0 Å². The minimum atomic E-state index is 0.536. The fraction of sp³-hybridized carbons (Fsp3) is 0.250. The van der Waals surface area contributed by atoms with E-state index in [4.69, 9.17) is 0 Å². The van der Waals surface area contributed by atoms with Crippen molar-refractivity contribution in [2.75, 3.05) is 0 Å². The lowest BCUT2D eigenvalue weighted by molar-refractivity contribution is 0.846. The molecule has 0 saturated heterocycles. The zero-order valence-electron chi connectivity index (χ0n) is 8.51. The van der Waals surface area contributed by atoms with Crippen LogP contribution in [0.1, 0.15) is 25.3 Å². The predicted molar refractivity (Wildman–Crippen MR) is 57.7 cm³/mol. The van der Waals surface area contributed by atoms with Crippen molar-refractivity contribution in [1.82, 2.24) is 9.55 Å².